The van der Waals surface area contributed by atoms with Crippen molar-refractivity contribution in [3.8, 4) is 11.3 Å². The van der Waals surface area contributed by atoms with E-state index in [0.717, 1.165) is 33.5 Å². The Hall–Kier alpha value is -2.26. The fraction of sp³-hybridized carbons (Fsp3) is 0.333. The van der Waals surface area contributed by atoms with Crippen LogP contribution >= 0.6 is 27.3 Å². The molecule has 1 saturated heterocycles. The summed E-state index contributed by atoms with van der Waals surface area (Å²) in [6.45, 7) is 1.41. The van der Waals surface area contributed by atoms with Gasteiger partial charge in [0.2, 0.25) is 5.91 Å². The van der Waals surface area contributed by atoms with E-state index in [1.807, 2.05) is 29.6 Å². The van der Waals surface area contributed by atoms with Gasteiger partial charge < -0.3 is 10.6 Å². The SMILES string of the molecule is CC1(C2CC2)NC(=O)N(CC(=O)Nc2nc(-c3ccc(Br)cc3)cs2)C1=O. The number of carbonyl (C=O) groups excluding carboxylic acids is 3. The lowest BCUT2D eigenvalue weighted by Crippen LogP contribution is -2.46. The molecular weight excluding hydrogens is 432 g/mol. The maximum absolute atomic E-state index is 12.6. The summed E-state index contributed by atoms with van der Waals surface area (Å²) in [5.74, 6) is -0.621. The van der Waals surface area contributed by atoms with Crippen molar-refractivity contribution in [3.05, 3.63) is 34.1 Å². The molecule has 2 N–H and O–H groups in total. The van der Waals surface area contributed by atoms with E-state index in [1.165, 1.54) is 11.3 Å². The van der Waals surface area contributed by atoms with E-state index in [0.29, 0.717) is 5.13 Å². The van der Waals surface area contributed by atoms with Gasteiger partial charge in [0.25, 0.3) is 5.91 Å². The first-order valence-corrected chi connectivity index (χ1v) is 10.2. The minimum absolute atomic E-state index is 0.162. The Morgan fingerprint density at radius 3 is 2.74 bits per heavy atom. The van der Waals surface area contributed by atoms with Gasteiger partial charge in [-0.15, -0.1) is 11.3 Å². The molecule has 4 rings (SSSR count). The van der Waals surface area contributed by atoms with Crippen LogP contribution in [-0.2, 0) is 9.59 Å². The summed E-state index contributed by atoms with van der Waals surface area (Å²) < 4.78 is 0.974. The standard InChI is InChI=1S/C18H17BrN4O3S/c1-18(11-4-5-11)15(25)23(17(26)22-18)8-14(24)21-16-20-13(9-27-16)10-2-6-12(19)7-3-10/h2-3,6-7,9,11H,4-5,8H2,1H3,(H,22,26)(H,20,21,24). The predicted octanol–water partition coefficient (Wildman–Crippen LogP) is 3.23. The monoisotopic (exact) mass is 448 g/mol. The van der Waals surface area contributed by atoms with Crippen LogP contribution in [0.4, 0.5) is 9.93 Å². The molecule has 140 valence electrons. The average Bonchev–Trinajstić information content (AvgIpc) is 3.36. The smallest absolute Gasteiger partial charge is 0.323 e. The molecule has 0 radical (unpaired) electrons. The number of aromatic nitrogens is 1. The number of hydrogen-bond donors (Lipinski definition) is 2. The maximum Gasteiger partial charge on any atom is 0.325 e. The van der Waals surface area contributed by atoms with E-state index in [4.69, 9.17) is 0 Å². The number of nitrogens with zero attached hydrogens (tertiary/aromatic N) is 2. The summed E-state index contributed by atoms with van der Waals surface area (Å²) in [5, 5.41) is 7.67. The lowest BCUT2D eigenvalue weighted by molar-refractivity contribution is -0.134. The van der Waals surface area contributed by atoms with Gasteiger partial charge in [0.15, 0.2) is 5.13 Å². The zero-order valence-corrected chi connectivity index (χ0v) is 16.9. The van der Waals surface area contributed by atoms with E-state index in [-0.39, 0.29) is 18.4 Å². The zero-order valence-electron chi connectivity index (χ0n) is 14.5. The maximum atomic E-state index is 12.6. The molecule has 9 heteroatoms. The highest BCUT2D eigenvalue weighted by molar-refractivity contribution is 9.10. The molecule has 1 aliphatic carbocycles. The van der Waals surface area contributed by atoms with E-state index < -0.39 is 17.5 Å². The van der Waals surface area contributed by atoms with Gasteiger partial charge in [0, 0.05) is 15.4 Å². The Balaban J connectivity index is 1.41. The van der Waals surface area contributed by atoms with Crippen LogP contribution in [0.3, 0.4) is 0 Å². The number of imide groups is 1. The number of nitrogens with one attached hydrogen (secondary N) is 2. The third-order valence-electron chi connectivity index (χ3n) is 4.89. The van der Waals surface area contributed by atoms with Crippen molar-refractivity contribution in [1.29, 1.82) is 0 Å². The third kappa shape index (κ3) is 3.49. The van der Waals surface area contributed by atoms with Crippen LogP contribution in [0.1, 0.15) is 19.8 Å². The van der Waals surface area contributed by atoms with Gasteiger partial charge in [-0.25, -0.2) is 9.78 Å². The fourth-order valence-corrected chi connectivity index (χ4v) is 4.18. The fourth-order valence-electron chi connectivity index (χ4n) is 3.18. The predicted molar refractivity (Wildman–Crippen MR) is 105 cm³/mol. The highest BCUT2D eigenvalue weighted by atomic mass is 79.9. The molecule has 2 aromatic rings. The molecule has 27 heavy (non-hydrogen) atoms. The summed E-state index contributed by atoms with van der Waals surface area (Å²) in [5.41, 5.74) is 0.802. The van der Waals surface area contributed by atoms with Gasteiger partial charge in [-0.1, -0.05) is 28.1 Å². The number of rotatable bonds is 5. The number of thiazole rings is 1. The Morgan fingerprint density at radius 1 is 1.37 bits per heavy atom. The van der Waals surface area contributed by atoms with Crippen LogP contribution < -0.4 is 10.6 Å². The van der Waals surface area contributed by atoms with Gasteiger partial charge >= 0.3 is 6.03 Å². The number of urea groups is 1. The first kappa shape index (κ1) is 18.1. The molecule has 0 spiro atoms. The van der Waals surface area contributed by atoms with Crippen molar-refractivity contribution < 1.29 is 14.4 Å². The van der Waals surface area contributed by atoms with Gasteiger partial charge in [-0.2, -0.15) is 0 Å². The molecule has 1 aromatic heterocycles. The van der Waals surface area contributed by atoms with Crippen LogP contribution in [0.25, 0.3) is 11.3 Å². The van der Waals surface area contributed by atoms with E-state index in [9.17, 15) is 14.4 Å². The highest BCUT2D eigenvalue weighted by Crippen LogP contribution is 2.42. The van der Waals surface area contributed by atoms with Crippen molar-refractivity contribution in [2.75, 3.05) is 11.9 Å². The number of benzene rings is 1. The van der Waals surface area contributed by atoms with Gasteiger partial charge in [-0.05, 0) is 37.8 Å². The Kier molecular flexibility index (Phi) is 4.51. The summed E-state index contributed by atoms with van der Waals surface area (Å²) in [6, 6.07) is 7.18. The Morgan fingerprint density at radius 2 is 2.07 bits per heavy atom. The number of amides is 4. The second-order valence-electron chi connectivity index (χ2n) is 6.89. The zero-order chi connectivity index (χ0) is 19.2. The van der Waals surface area contributed by atoms with E-state index >= 15 is 0 Å². The lowest BCUT2D eigenvalue weighted by Gasteiger charge is -2.20. The molecule has 7 nitrogen and oxygen atoms in total. The first-order valence-electron chi connectivity index (χ1n) is 8.52. The van der Waals surface area contributed by atoms with E-state index in [1.54, 1.807) is 6.92 Å². The van der Waals surface area contributed by atoms with Crippen LogP contribution in [0, 0.1) is 5.92 Å². The van der Waals surface area contributed by atoms with Crippen molar-refractivity contribution in [2.45, 2.75) is 25.3 Å². The topological polar surface area (TPSA) is 91.4 Å². The third-order valence-corrected chi connectivity index (χ3v) is 6.17. The summed E-state index contributed by atoms with van der Waals surface area (Å²) in [6.07, 6.45) is 1.83. The molecule has 0 bridgehead atoms. The molecule has 1 atom stereocenters. The second kappa shape index (κ2) is 6.72. The normalized spacial score (nSPS) is 22.1. The summed E-state index contributed by atoms with van der Waals surface area (Å²) in [4.78, 5) is 42.4. The minimum Gasteiger partial charge on any atom is -0.323 e. The van der Waals surface area contributed by atoms with Crippen LogP contribution in [-0.4, -0.2) is 39.8 Å². The molecule has 1 saturated carbocycles. The Bertz CT molecular complexity index is 925. The van der Waals surface area contributed by atoms with Crippen molar-refractivity contribution in [2.24, 2.45) is 5.92 Å². The quantitative estimate of drug-likeness (QED) is 0.686. The van der Waals surface area contributed by atoms with Crippen LogP contribution in [0.5, 0.6) is 0 Å². The number of halogens is 1. The minimum atomic E-state index is -0.882. The molecule has 1 aromatic carbocycles. The van der Waals surface area contributed by atoms with E-state index in [2.05, 4.69) is 31.5 Å². The number of carbonyl (C=O) groups is 3. The van der Waals surface area contributed by atoms with Crippen molar-refractivity contribution >= 4 is 50.2 Å². The molecule has 2 heterocycles. The molecule has 2 fully saturated rings. The van der Waals surface area contributed by atoms with Gasteiger partial charge in [0.05, 0.1) is 5.69 Å². The molecule has 2 aliphatic rings. The summed E-state index contributed by atoms with van der Waals surface area (Å²) >= 11 is 4.68. The molecule has 1 aliphatic heterocycles. The van der Waals surface area contributed by atoms with Crippen molar-refractivity contribution in [1.82, 2.24) is 15.2 Å². The lowest BCUT2D eigenvalue weighted by atomic mass is 9.96. The largest absolute Gasteiger partial charge is 0.325 e. The molecule has 4 amide bonds. The highest BCUT2D eigenvalue weighted by Gasteiger charge is 2.56. The second-order valence-corrected chi connectivity index (χ2v) is 8.66. The van der Waals surface area contributed by atoms with Crippen LogP contribution in [0.15, 0.2) is 34.1 Å². The number of hydrogen-bond acceptors (Lipinski definition) is 5. The molecule has 1 unspecified atom stereocenters. The van der Waals surface area contributed by atoms with Gasteiger partial charge in [-0.3, -0.25) is 14.5 Å². The summed E-state index contributed by atoms with van der Waals surface area (Å²) in [7, 11) is 0. The first-order chi connectivity index (χ1) is 12.9. The Labute approximate surface area is 168 Å². The van der Waals surface area contributed by atoms with Gasteiger partial charge in [0.1, 0.15) is 12.1 Å². The molecular formula is C18H17BrN4O3S. The van der Waals surface area contributed by atoms with Crippen molar-refractivity contribution in [3.63, 3.8) is 0 Å². The number of anilines is 1. The van der Waals surface area contributed by atoms with Crippen LogP contribution in [0.2, 0.25) is 0 Å². The average molecular weight is 449 g/mol.